The summed E-state index contributed by atoms with van der Waals surface area (Å²) in [5, 5.41) is 6.58. The fraction of sp³-hybridized carbons (Fsp3) is 0.650. The van der Waals surface area contributed by atoms with Gasteiger partial charge in [-0.2, -0.15) is 0 Å². The first kappa shape index (κ1) is 21.6. The zero-order valence-corrected chi connectivity index (χ0v) is 17.2. The van der Waals surface area contributed by atoms with E-state index in [0.717, 1.165) is 37.9 Å². The molecule has 1 aromatic carbocycles. The van der Waals surface area contributed by atoms with Crippen LogP contribution in [0.15, 0.2) is 12.1 Å². The highest BCUT2D eigenvalue weighted by Crippen LogP contribution is 2.44. The summed E-state index contributed by atoms with van der Waals surface area (Å²) >= 11 is 0. The van der Waals surface area contributed by atoms with E-state index in [1.165, 1.54) is 6.42 Å². The van der Waals surface area contributed by atoms with Gasteiger partial charge in [-0.05, 0) is 49.9 Å². The third kappa shape index (κ3) is 4.27. The zero-order chi connectivity index (χ0) is 18.6. The molecule has 7 heteroatoms. The standard InChI is InChI=1S/C20H30N2O4.ClH/c1-4-26-18-16(24-2)9-14(10-17(18)25-3)11-22-19(23)20-8-6-5-7-15(20)12-21-13-20;/h9-10,15,21H,4-8,11-13H2,1-3H3,(H,22,23);1H/t15-,20+;/m0./s1. The molecule has 0 bridgehead atoms. The first-order valence-corrected chi connectivity index (χ1v) is 9.51. The minimum Gasteiger partial charge on any atom is -0.493 e. The Labute approximate surface area is 167 Å². The van der Waals surface area contributed by atoms with Crippen molar-refractivity contribution in [3.8, 4) is 17.2 Å². The quantitative estimate of drug-likeness (QED) is 0.739. The van der Waals surface area contributed by atoms with Gasteiger partial charge in [-0.25, -0.2) is 0 Å². The van der Waals surface area contributed by atoms with Crippen molar-refractivity contribution in [2.75, 3.05) is 33.9 Å². The van der Waals surface area contributed by atoms with E-state index >= 15 is 0 Å². The topological polar surface area (TPSA) is 68.8 Å². The summed E-state index contributed by atoms with van der Waals surface area (Å²) in [6.07, 6.45) is 4.49. The first-order chi connectivity index (χ1) is 12.6. The lowest BCUT2D eigenvalue weighted by Gasteiger charge is -2.37. The summed E-state index contributed by atoms with van der Waals surface area (Å²) in [4.78, 5) is 13.0. The van der Waals surface area contributed by atoms with Crippen LogP contribution in [-0.2, 0) is 11.3 Å². The van der Waals surface area contributed by atoms with Gasteiger partial charge < -0.3 is 24.8 Å². The number of ether oxygens (including phenoxy) is 3. The van der Waals surface area contributed by atoms with Crippen molar-refractivity contribution in [2.45, 2.75) is 39.2 Å². The lowest BCUT2D eigenvalue weighted by atomic mass is 9.67. The Bertz CT molecular complexity index is 630. The van der Waals surface area contributed by atoms with Gasteiger partial charge in [-0.15, -0.1) is 12.4 Å². The minimum atomic E-state index is -0.238. The number of fused-ring (bicyclic) bond motifs is 1. The van der Waals surface area contributed by atoms with E-state index in [1.54, 1.807) is 14.2 Å². The van der Waals surface area contributed by atoms with Gasteiger partial charge in [-0.1, -0.05) is 12.8 Å². The molecule has 1 aliphatic heterocycles. The summed E-state index contributed by atoms with van der Waals surface area (Å²) < 4.78 is 16.5. The maximum Gasteiger partial charge on any atom is 0.228 e. The van der Waals surface area contributed by atoms with Gasteiger partial charge in [-0.3, -0.25) is 4.79 Å². The van der Waals surface area contributed by atoms with Gasteiger partial charge in [0.25, 0.3) is 0 Å². The average molecular weight is 399 g/mol. The van der Waals surface area contributed by atoms with E-state index in [2.05, 4.69) is 10.6 Å². The first-order valence-electron chi connectivity index (χ1n) is 9.51. The largest absolute Gasteiger partial charge is 0.493 e. The maximum atomic E-state index is 13.0. The van der Waals surface area contributed by atoms with E-state index in [4.69, 9.17) is 14.2 Å². The molecule has 6 nitrogen and oxygen atoms in total. The molecule has 1 aliphatic carbocycles. The maximum absolute atomic E-state index is 13.0. The third-order valence-corrected chi connectivity index (χ3v) is 5.75. The Morgan fingerprint density at radius 3 is 2.59 bits per heavy atom. The zero-order valence-electron chi connectivity index (χ0n) is 16.4. The van der Waals surface area contributed by atoms with Gasteiger partial charge in [0.05, 0.1) is 26.2 Å². The van der Waals surface area contributed by atoms with Crippen LogP contribution in [0, 0.1) is 11.3 Å². The number of benzene rings is 1. The molecule has 0 unspecified atom stereocenters. The Hall–Kier alpha value is -1.66. The van der Waals surface area contributed by atoms with Crippen LogP contribution in [0.1, 0.15) is 38.2 Å². The van der Waals surface area contributed by atoms with Crippen LogP contribution in [0.4, 0.5) is 0 Å². The third-order valence-electron chi connectivity index (χ3n) is 5.75. The second-order valence-electron chi connectivity index (χ2n) is 7.17. The van der Waals surface area contributed by atoms with E-state index in [0.29, 0.717) is 36.3 Å². The number of carbonyl (C=O) groups excluding carboxylic acids is 1. The molecule has 1 aromatic rings. The van der Waals surface area contributed by atoms with Gasteiger partial charge >= 0.3 is 0 Å². The van der Waals surface area contributed by atoms with Gasteiger partial charge in [0.1, 0.15) is 0 Å². The molecule has 1 amide bonds. The highest BCUT2D eigenvalue weighted by molar-refractivity contribution is 5.85. The molecule has 1 saturated carbocycles. The van der Waals surface area contributed by atoms with Crippen LogP contribution in [0.2, 0.25) is 0 Å². The molecule has 0 radical (unpaired) electrons. The fourth-order valence-corrected chi connectivity index (χ4v) is 4.37. The molecule has 0 spiro atoms. The molecule has 2 aliphatic rings. The van der Waals surface area contributed by atoms with E-state index < -0.39 is 0 Å². The number of hydrogen-bond acceptors (Lipinski definition) is 5. The molecule has 27 heavy (non-hydrogen) atoms. The van der Waals surface area contributed by atoms with Crippen LogP contribution in [0.3, 0.4) is 0 Å². The molecular formula is C20H31ClN2O4. The molecule has 2 fully saturated rings. The summed E-state index contributed by atoms with van der Waals surface area (Å²) in [5.74, 6) is 2.46. The van der Waals surface area contributed by atoms with E-state index in [1.807, 2.05) is 19.1 Å². The number of carbonyl (C=O) groups is 1. The Morgan fingerprint density at radius 1 is 1.26 bits per heavy atom. The smallest absolute Gasteiger partial charge is 0.228 e. The average Bonchev–Trinajstić information content (AvgIpc) is 3.12. The summed E-state index contributed by atoms with van der Waals surface area (Å²) in [6.45, 7) is 4.65. The second-order valence-corrected chi connectivity index (χ2v) is 7.17. The SMILES string of the molecule is CCOc1c(OC)cc(CNC(=O)[C@@]23CCCC[C@H]2CNC3)cc1OC.Cl. The predicted octanol–water partition coefficient (Wildman–Crippen LogP) is 2.92. The Morgan fingerprint density at radius 2 is 1.96 bits per heavy atom. The van der Waals surface area contributed by atoms with Crippen LogP contribution >= 0.6 is 12.4 Å². The number of halogens is 1. The Kier molecular flexibility index (Phi) is 7.62. The highest BCUT2D eigenvalue weighted by atomic mass is 35.5. The van der Waals surface area contributed by atoms with Gasteiger partial charge in [0.15, 0.2) is 11.5 Å². The van der Waals surface area contributed by atoms with Crippen molar-refractivity contribution in [1.29, 1.82) is 0 Å². The molecule has 1 saturated heterocycles. The van der Waals surface area contributed by atoms with Crippen molar-refractivity contribution < 1.29 is 19.0 Å². The molecule has 1 heterocycles. The van der Waals surface area contributed by atoms with Crippen molar-refractivity contribution in [3.63, 3.8) is 0 Å². The van der Waals surface area contributed by atoms with Crippen LogP contribution in [0.5, 0.6) is 17.2 Å². The van der Waals surface area contributed by atoms with Crippen molar-refractivity contribution >= 4 is 18.3 Å². The lowest BCUT2D eigenvalue weighted by molar-refractivity contribution is -0.134. The summed E-state index contributed by atoms with van der Waals surface area (Å²) in [7, 11) is 3.21. The number of methoxy groups -OCH3 is 2. The van der Waals surface area contributed by atoms with Gasteiger partial charge in [0.2, 0.25) is 11.7 Å². The molecular weight excluding hydrogens is 368 g/mol. The minimum absolute atomic E-state index is 0. The number of amides is 1. The molecule has 2 atom stereocenters. The number of hydrogen-bond donors (Lipinski definition) is 2. The summed E-state index contributed by atoms with van der Waals surface area (Å²) in [5.41, 5.74) is 0.697. The van der Waals surface area contributed by atoms with E-state index in [-0.39, 0.29) is 23.7 Å². The van der Waals surface area contributed by atoms with Crippen molar-refractivity contribution in [1.82, 2.24) is 10.6 Å². The van der Waals surface area contributed by atoms with Crippen molar-refractivity contribution in [3.05, 3.63) is 17.7 Å². The van der Waals surface area contributed by atoms with Crippen LogP contribution in [0.25, 0.3) is 0 Å². The number of rotatable bonds is 7. The monoisotopic (exact) mass is 398 g/mol. The molecule has 152 valence electrons. The summed E-state index contributed by atoms with van der Waals surface area (Å²) in [6, 6.07) is 3.80. The molecule has 3 rings (SSSR count). The fourth-order valence-electron chi connectivity index (χ4n) is 4.37. The van der Waals surface area contributed by atoms with Crippen LogP contribution in [-0.4, -0.2) is 39.8 Å². The molecule has 0 aromatic heterocycles. The van der Waals surface area contributed by atoms with Gasteiger partial charge in [0, 0.05) is 13.1 Å². The lowest BCUT2D eigenvalue weighted by Crippen LogP contribution is -2.47. The van der Waals surface area contributed by atoms with Crippen LogP contribution < -0.4 is 24.8 Å². The normalized spacial score (nSPS) is 23.7. The number of nitrogens with one attached hydrogen (secondary N) is 2. The highest BCUT2D eigenvalue weighted by Gasteiger charge is 2.49. The second kappa shape index (κ2) is 9.51. The van der Waals surface area contributed by atoms with Crippen molar-refractivity contribution in [2.24, 2.45) is 11.3 Å². The predicted molar refractivity (Wildman–Crippen MR) is 107 cm³/mol. The Balaban J connectivity index is 0.00000261. The van der Waals surface area contributed by atoms with E-state index in [9.17, 15) is 4.79 Å². The molecule has 2 N–H and O–H groups in total.